The number of fused-ring (bicyclic) bond motifs is 2. The van der Waals surface area contributed by atoms with Gasteiger partial charge in [0.25, 0.3) is 5.91 Å². The molecule has 1 aromatic rings. The van der Waals surface area contributed by atoms with E-state index in [-0.39, 0.29) is 24.2 Å². The highest BCUT2D eigenvalue weighted by molar-refractivity contribution is 5.78. The van der Waals surface area contributed by atoms with Gasteiger partial charge in [0.15, 0.2) is 6.61 Å². The number of nitrogens with one attached hydrogen (secondary N) is 2. The van der Waals surface area contributed by atoms with Crippen molar-refractivity contribution < 1.29 is 9.53 Å². The number of hydrogen-bond acceptors (Lipinski definition) is 4. The summed E-state index contributed by atoms with van der Waals surface area (Å²) in [6.45, 7) is 0.128. The summed E-state index contributed by atoms with van der Waals surface area (Å²) >= 11 is 0. The number of rotatable bonds is 5. The number of hydrogen-bond donors (Lipinski definition) is 2. The molecular formula is C26H39N3O2. The summed E-state index contributed by atoms with van der Waals surface area (Å²) in [5.41, 5.74) is 7.45. The van der Waals surface area contributed by atoms with E-state index in [2.05, 4.69) is 15.8 Å². The Hall–Kier alpha value is -1.59. The van der Waals surface area contributed by atoms with E-state index in [4.69, 9.17) is 4.74 Å². The van der Waals surface area contributed by atoms with Crippen LogP contribution in [0.25, 0.3) is 0 Å². The van der Waals surface area contributed by atoms with E-state index < -0.39 is 0 Å². The largest absolute Gasteiger partial charge is 0.484 e. The van der Waals surface area contributed by atoms with Crippen molar-refractivity contribution in [3.63, 3.8) is 0 Å². The molecule has 3 aliphatic carbocycles. The van der Waals surface area contributed by atoms with Gasteiger partial charge >= 0.3 is 0 Å². The standard InChI is InChI=1S/C26H39N3O2/c30-25(19-31-22-10-6-5-7-11-22)29(23-17-20-12-13-21(23)16-20)24-18-26(28-27-24)14-8-3-1-2-4-9-15-26/h5-7,10-11,20-21,23-24,27-28H,1-4,8-9,12-19H2. The molecule has 1 aliphatic heterocycles. The van der Waals surface area contributed by atoms with Crippen molar-refractivity contribution in [2.75, 3.05) is 6.61 Å². The Morgan fingerprint density at radius 3 is 2.42 bits per heavy atom. The van der Waals surface area contributed by atoms with E-state index in [0.717, 1.165) is 18.1 Å². The Bertz CT molecular complexity index is 729. The van der Waals surface area contributed by atoms with Gasteiger partial charge in [-0.05, 0) is 56.1 Å². The van der Waals surface area contributed by atoms with Gasteiger partial charge in [0.2, 0.25) is 0 Å². The average Bonchev–Trinajstić information content (AvgIpc) is 3.53. The van der Waals surface area contributed by atoms with Crippen LogP contribution in [0.4, 0.5) is 0 Å². The van der Waals surface area contributed by atoms with Crippen LogP contribution < -0.4 is 15.6 Å². The Morgan fingerprint density at radius 1 is 1.00 bits per heavy atom. The predicted molar refractivity (Wildman–Crippen MR) is 122 cm³/mol. The lowest BCUT2D eigenvalue weighted by Crippen LogP contribution is -2.55. The molecule has 5 nitrogen and oxygen atoms in total. The fourth-order valence-electron chi connectivity index (χ4n) is 6.84. The third-order valence-electron chi connectivity index (χ3n) is 8.44. The second-order valence-corrected chi connectivity index (χ2v) is 10.5. The van der Waals surface area contributed by atoms with E-state index in [1.807, 2.05) is 30.3 Å². The third-order valence-corrected chi connectivity index (χ3v) is 8.44. The number of benzene rings is 1. The van der Waals surface area contributed by atoms with Crippen LogP contribution >= 0.6 is 0 Å². The molecule has 1 saturated heterocycles. The predicted octanol–water partition coefficient (Wildman–Crippen LogP) is 4.78. The maximum atomic E-state index is 13.5. The molecule has 1 amide bonds. The van der Waals surface area contributed by atoms with Gasteiger partial charge in [0.1, 0.15) is 5.75 Å². The molecule has 5 rings (SSSR count). The molecule has 1 aromatic carbocycles. The number of para-hydroxylation sites is 1. The molecule has 3 saturated carbocycles. The number of nitrogens with zero attached hydrogens (tertiary/aromatic N) is 1. The smallest absolute Gasteiger partial charge is 0.262 e. The summed E-state index contributed by atoms with van der Waals surface area (Å²) in [6, 6.07) is 10.1. The first-order chi connectivity index (χ1) is 15.2. The molecule has 4 atom stereocenters. The van der Waals surface area contributed by atoms with Gasteiger partial charge in [-0.2, -0.15) is 0 Å². The SMILES string of the molecule is O=C(COc1ccccc1)N(C1CC2(CCCCCCCC2)NN1)C1CC2CCC1C2. The van der Waals surface area contributed by atoms with Gasteiger partial charge in [-0.3, -0.25) is 4.79 Å². The first-order valence-electron chi connectivity index (χ1n) is 12.7. The van der Waals surface area contributed by atoms with Crippen molar-refractivity contribution in [1.29, 1.82) is 0 Å². The summed E-state index contributed by atoms with van der Waals surface area (Å²) in [5, 5.41) is 0. The highest BCUT2D eigenvalue weighted by Crippen LogP contribution is 2.48. The maximum absolute atomic E-state index is 13.5. The summed E-state index contributed by atoms with van der Waals surface area (Å²) in [6.07, 6.45) is 16.7. The van der Waals surface area contributed by atoms with Crippen molar-refractivity contribution in [2.45, 2.75) is 101 Å². The monoisotopic (exact) mass is 425 g/mol. The van der Waals surface area contributed by atoms with Crippen LogP contribution in [-0.2, 0) is 4.79 Å². The van der Waals surface area contributed by atoms with E-state index in [1.54, 1.807) is 0 Å². The Balaban J connectivity index is 1.30. The van der Waals surface area contributed by atoms with Gasteiger partial charge in [0.05, 0.1) is 6.17 Å². The van der Waals surface area contributed by atoms with Crippen molar-refractivity contribution in [1.82, 2.24) is 15.8 Å². The fraction of sp³-hybridized carbons (Fsp3) is 0.731. The molecule has 4 fully saturated rings. The zero-order chi connectivity index (χ0) is 21.1. The topological polar surface area (TPSA) is 53.6 Å². The van der Waals surface area contributed by atoms with Gasteiger partial charge in [-0.25, -0.2) is 10.9 Å². The fourth-order valence-corrected chi connectivity index (χ4v) is 6.84. The Morgan fingerprint density at radius 2 is 1.74 bits per heavy atom. The van der Waals surface area contributed by atoms with Crippen LogP contribution in [0.3, 0.4) is 0 Å². The van der Waals surface area contributed by atoms with E-state index in [0.29, 0.717) is 12.0 Å². The molecule has 31 heavy (non-hydrogen) atoms. The van der Waals surface area contributed by atoms with Gasteiger partial charge in [-0.1, -0.05) is 63.1 Å². The minimum atomic E-state index is 0.0805. The zero-order valence-electron chi connectivity index (χ0n) is 18.9. The second kappa shape index (κ2) is 9.50. The van der Waals surface area contributed by atoms with Crippen molar-refractivity contribution in [3.05, 3.63) is 30.3 Å². The van der Waals surface area contributed by atoms with Gasteiger partial charge in [-0.15, -0.1) is 0 Å². The summed E-state index contributed by atoms with van der Waals surface area (Å²) in [4.78, 5) is 15.8. The Labute approximate surface area is 187 Å². The summed E-state index contributed by atoms with van der Waals surface area (Å²) in [7, 11) is 0. The lowest BCUT2D eigenvalue weighted by atomic mass is 9.84. The molecule has 0 radical (unpaired) electrons. The molecular weight excluding hydrogens is 386 g/mol. The third kappa shape index (κ3) is 4.78. The molecule has 1 spiro atoms. The quantitative estimate of drug-likeness (QED) is 0.713. The highest BCUT2D eigenvalue weighted by Gasteiger charge is 2.49. The number of ether oxygens (including phenoxy) is 1. The molecule has 0 aromatic heterocycles. The molecule has 4 unspecified atom stereocenters. The minimum Gasteiger partial charge on any atom is -0.484 e. The molecule has 5 heteroatoms. The van der Waals surface area contributed by atoms with Crippen LogP contribution in [0.1, 0.15) is 83.5 Å². The maximum Gasteiger partial charge on any atom is 0.262 e. The molecule has 170 valence electrons. The lowest BCUT2D eigenvalue weighted by molar-refractivity contribution is -0.140. The zero-order valence-corrected chi connectivity index (χ0v) is 18.9. The molecule has 1 heterocycles. The van der Waals surface area contributed by atoms with Gasteiger partial charge in [0, 0.05) is 18.0 Å². The van der Waals surface area contributed by atoms with E-state index >= 15 is 0 Å². The minimum absolute atomic E-state index is 0.0805. The van der Waals surface area contributed by atoms with Crippen molar-refractivity contribution >= 4 is 5.91 Å². The molecule has 4 aliphatic rings. The number of hydrazine groups is 1. The second-order valence-electron chi connectivity index (χ2n) is 10.5. The lowest BCUT2D eigenvalue weighted by Gasteiger charge is -2.39. The number of amides is 1. The Kier molecular flexibility index (Phi) is 6.51. The van der Waals surface area contributed by atoms with Crippen LogP contribution in [0.2, 0.25) is 0 Å². The van der Waals surface area contributed by atoms with Crippen LogP contribution in [0.15, 0.2) is 30.3 Å². The van der Waals surface area contributed by atoms with Crippen molar-refractivity contribution in [3.8, 4) is 5.75 Å². The molecule has 2 N–H and O–H groups in total. The summed E-state index contributed by atoms with van der Waals surface area (Å²) in [5.74, 6) is 2.40. The first-order valence-corrected chi connectivity index (χ1v) is 12.7. The summed E-state index contributed by atoms with van der Waals surface area (Å²) < 4.78 is 5.90. The van der Waals surface area contributed by atoms with Gasteiger partial charge < -0.3 is 9.64 Å². The number of carbonyl (C=O) groups is 1. The van der Waals surface area contributed by atoms with Crippen LogP contribution in [-0.4, -0.2) is 35.2 Å². The van der Waals surface area contributed by atoms with Crippen LogP contribution in [0.5, 0.6) is 5.75 Å². The van der Waals surface area contributed by atoms with E-state index in [1.165, 1.54) is 77.0 Å². The normalized spacial score (nSPS) is 32.4. The van der Waals surface area contributed by atoms with Crippen molar-refractivity contribution in [2.24, 2.45) is 11.8 Å². The highest BCUT2D eigenvalue weighted by atomic mass is 16.5. The molecule has 2 bridgehead atoms. The van der Waals surface area contributed by atoms with Crippen LogP contribution in [0, 0.1) is 11.8 Å². The first kappa shape index (κ1) is 21.3. The average molecular weight is 426 g/mol. The van der Waals surface area contributed by atoms with E-state index in [9.17, 15) is 4.79 Å². The number of carbonyl (C=O) groups excluding carboxylic acids is 1.